The van der Waals surface area contributed by atoms with E-state index < -0.39 is 0 Å². The van der Waals surface area contributed by atoms with Crippen molar-refractivity contribution in [3.8, 4) is 0 Å². The standard InChI is InChI=1S/C7H7ClN2O/c1-5(11)10-7-2-3-9-4-6(7)8/h2-4H,1H3,(H,9,10,11). The molecule has 1 rings (SSSR count). The van der Waals surface area contributed by atoms with Gasteiger partial charge in [-0.2, -0.15) is 0 Å². The number of pyridine rings is 1. The zero-order valence-corrected chi connectivity index (χ0v) is 6.72. The second-order valence-electron chi connectivity index (χ2n) is 2.04. The molecular weight excluding hydrogens is 164 g/mol. The summed E-state index contributed by atoms with van der Waals surface area (Å²) in [7, 11) is 0. The number of carbonyl (C=O) groups is 1. The molecule has 0 saturated carbocycles. The first kappa shape index (κ1) is 8.01. The number of carbonyl (C=O) groups excluding carboxylic acids is 1. The van der Waals surface area contributed by atoms with Gasteiger partial charge in [0.1, 0.15) is 0 Å². The molecule has 0 aliphatic carbocycles. The van der Waals surface area contributed by atoms with Gasteiger partial charge in [-0.05, 0) is 6.07 Å². The van der Waals surface area contributed by atoms with Gasteiger partial charge < -0.3 is 5.32 Å². The number of nitrogens with one attached hydrogen (secondary N) is 1. The second-order valence-corrected chi connectivity index (χ2v) is 2.44. The van der Waals surface area contributed by atoms with Gasteiger partial charge in [0.25, 0.3) is 0 Å². The van der Waals surface area contributed by atoms with Crippen molar-refractivity contribution in [1.82, 2.24) is 4.98 Å². The van der Waals surface area contributed by atoms with Crippen LogP contribution in [0.3, 0.4) is 0 Å². The Kier molecular flexibility index (Phi) is 2.44. The zero-order chi connectivity index (χ0) is 8.27. The number of nitrogens with zero attached hydrogens (tertiary/aromatic N) is 1. The summed E-state index contributed by atoms with van der Waals surface area (Å²) in [6.07, 6.45) is 3.05. The Balaban J connectivity index is 2.86. The van der Waals surface area contributed by atoms with E-state index in [-0.39, 0.29) is 5.91 Å². The van der Waals surface area contributed by atoms with Crippen LogP contribution in [0, 0.1) is 0 Å². The van der Waals surface area contributed by atoms with E-state index in [9.17, 15) is 4.79 Å². The molecule has 11 heavy (non-hydrogen) atoms. The van der Waals surface area contributed by atoms with Gasteiger partial charge in [0.15, 0.2) is 0 Å². The monoisotopic (exact) mass is 170 g/mol. The van der Waals surface area contributed by atoms with Gasteiger partial charge in [0.05, 0.1) is 10.7 Å². The van der Waals surface area contributed by atoms with Crippen molar-refractivity contribution < 1.29 is 4.79 Å². The minimum Gasteiger partial charge on any atom is -0.325 e. The van der Waals surface area contributed by atoms with E-state index in [1.165, 1.54) is 13.1 Å². The molecule has 3 nitrogen and oxygen atoms in total. The van der Waals surface area contributed by atoms with Gasteiger partial charge in [-0.15, -0.1) is 0 Å². The summed E-state index contributed by atoms with van der Waals surface area (Å²) in [5.74, 6) is -0.141. The lowest BCUT2D eigenvalue weighted by Crippen LogP contribution is -2.05. The molecule has 0 aliphatic rings. The minimum absolute atomic E-state index is 0.141. The minimum atomic E-state index is -0.141. The molecule has 0 unspecified atom stereocenters. The van der Waals surface area contributed by atoms with Crippen LogP contribution in [-0.4, -0.2) is 10.9 Å². The number of hydrogen-bond acceptors (Lipinski definition) is 2. The Bertz CT molecular complexity index is 275. The van der Waals surface area contributed by atoms with Crippen LogP contribution < -0.4 is 5.32 Å². The van der Waals surface area contributed by atoms with E-state index in [1.54, 1.807) is 12.3 Å². The van der Waals surface area contributed by atoms with Crippen LogP contribution in [0.15, 0.2) is 18.5 Å². The molecule has 1 heterocycles. The fourth-order valence-electron chi connectivity index (χ4n) is 0.666. The van der Waals surface area contributed by atoms with Crippen molar-refractivity contribution in [3.63, 3.8) is 0 Å². The number of aromatic nitrogens is 1. The summed E-state index contributed by atoms with van der Waals surface area (Å²) in [5.41, 5.74) is 0.592. The molecule has 1 aromatic heterocycles. The van der Waals surface area contributed by atoms with E-state index in [0.717, 1.165) is 0 Å². The van der Waals surface area contributed by atoms with Crippen molar-refractivity contribution in [1.29, 1.82) is 0 Å². The highest BCUT2D eigenvalue weighted by atomic mass is 35.5. The quantitative estimate of drug-likeness (QED) is 0.697. The van der Waals surface area contributed by atoms with Gasteiger partial charge in [-0.25, -0.2) is 0 Å². The van der Waals surface area contributed by atoms with Crippen LogP contribution >= 0.6 is 11.6 Å². The second kappa shape index (κ2) is 3.34. The molecule has 0 aliphatic heterocycles. The fourth-order valence-corrected chi connectivity index (χ4v) is 0.833. The van der Waals surface area contributed by atoms with E-state index >= 15 is 0 Å². The predicted octanol–water partition coefficient (Wildman–Crippen LogP) is 1.69. The SMILES string of the molecule is CC(=O)Nc1ccncc1Cl. The summed E-state index contributed by atoms with van der Waals surface area (Å²) < 4.78 is 0. The van der Waals surface area contributed by atoms with Crippen LogP contribution in [0.5, 0.6) is 0 Å². The number of anilines is 1. The lowest BCUT2D eigenvalue weighted by Gasteiger charge is -2.01. The van der Waals surface area contributed by atoms with Crippen LogP contribution in [0.1, 0.15) is 6.92 Å². The molecular formula is C7H7ClN2O. The molecule has 0 atom stereocenters. The summed E-state index contributed by atoms with van der Waals surface area (Å²) in [6.45, 7) is 1.43. The Morgan fingerprint density at radius 3 is 3.00 bits per heavy atom. The maximum absolute atomic E-state index is 10.6. The highest BCUT2D eigenvalue weighted by Gasteiger charge is 1.99. The third-order valence-electron chi connectivity index (χ3n) is 1.08. The molecule has 0 bridgehead atoms. The molecule has 0 spiro atoms. The van der Waals surface area contributed by atoms with Crippen molar-refractivity contribution in [2.45, 2.75) is 6.92 Å². The van der Waals surface area contributed by atoms with Gasteiger partial charge in [-0.3, -0.25) is 9.78 Å². The predicted molar refractivity (Wildman–Crippen MR) is 43.6 cm³/mol. The smallest absolute Gasteiger partial charge is 0.221 e. The molecule has 1 aromatic rings. The van der Waals surface area contributed by atoms with Crippen LogP contribution in [0.2, 0.25) is 5.02 Å². The molecule has 0 fully saturated rings. The van der Waals surface area contributed by atoms with Crippen molar-refractivity contribution >= 4 is 23.2 Å². The van der Waals surface area contributed by atoms with Gasteiger partial charge in [0, 0.05) is 19.3 Å². The average Bonchev–Trinajstić information content (AvgIpc) is 1.93. The highest BCUT2D eigenvalue weighted by Crippen LogP contribution is 2.18. The molecule has 4 heteroatoms. The number of hydrogen-bond donors (Lipinski definition) is 1. The van der Waals surface area contributed by atoms with Crippen molar-refractivity contribution in [2.75, 3.05) is 5.32 Å². The van der Waals surface area contributed by atoms with Gasteiger partial charge in [-0.1, -0.05) is 11.6 Å². The molecule has 0 aromatic carbocycles. The Morgan fingerprint density at radius 2 is 2.45 bits per heavy atom. The first-order valence-corrected chi connectivity index (χ1v) is 3.45. The molecule has 1 amide bonds. The van der Waals surface area contributed by atoms with E-state index in [4.69, 9.17) is 11.6 Å². The van der Waals surface area contributed by atoms with Gasteiger partial charge >= 0.3 is 0 Å². The Labute approximate surface area is 69.4 Å². The topological polar surface area (TPSA) is 42.0 Å². The lowest BCUT2D eigenvalue weighted by molar-refractivity contribution is -0.114. The third kappa shape index (κ3) is 2.20. The van der Waals surface area contributed by atoms with Crippen molar-refractivity contribution in [3.05, 3.63) is 23.5 Å². The summed E-state index contributed by atoms with van der Waals surface area (Å²) in [5, 5.41) is 3.01. The first-order valence-electron chi connectivity index (χ1n) is 3.07. The average molecular weight is 171 g/mol. The van der Waals surface area contributed by atoms with Crippen LogP contribution in [-0.2, 0) is 4.79 Å². The van der Waals surface area contributed by atoms with Gasteiger partial charge in [0.2, 0.25) is 5.91 Å². The Morgan fingerprint density at radius 1 is 1.73 bits per heavy atom. The fraction of sp³-hybridized carbons (Fsp3) is 0.143. The number of halogens is 1. The summed E-state index contributed by atoms with van der Waals surface area (Å²) in [4.78, 5) is 14.3. The highest BCUT2D eigenvalue weighted by molar-refractivity contribution is 6.33. The largest absolute Gasteiger partial charge is 0.325 e. The number of amides is 1. The lowest BCUT2D eigenvalue weighted by atomic mass is 10.4. The zero-order valence-electron chi connectivity index (χ0n) is 5.97. The van der Waals surface area contributed by atoms with E-state index in [0.29, 0.717) is 10.7 Å². The Hall–Kier alpha value is -1.09. The third-order valence-corrected chi connectivity index (χ3v) is 1.38. The molecule has 0 radical (unpaired) electrons. The van der Waals surface area contributed by atoms with Crippen LogP contribution in [0.4, 0.5) is 5.69 Å². The normalized spacial score (nSPS) is 9.27. The molecule has 1 N–H and O–H groups in total. The van der Waals surface area contributed by atoms with Crippen LogP contribution in [0.25, 0.3) is 0 Å². The molecule has 58 valence electrons. The maximum Gasteiger partial charge on any atom is 0.221 e. The molecule has 0 saturated heterocycles. The van der Waals surface area contributed by atoms with Crippen molar-refractivity contribution in [2.24, 2.45) is 0 Å². The number of rotatable bonds is 1. The van der Waals surface area contributed by atoms with E-state index in [1.807, 2.05) is 0 Å². The summed E-state index contributed by atoms with van der Waals surface area (Å²) >= 11 is 5.69. The van der Waals surface area contributed by atoms with E-state index in [2.05, 4.69) is 10.3 Å². The first-order chi connectivity index (χ1) is 5.20. The maximum atomic E-state index is 10.6. The summed E-state index contributed by atoms with van der Waals surface area (Å²) in [6, 6.07) is 1.64.